The Balaban J connectivity index is 1.91. The van der Waals surface area contributed by atoms with Crippen molar-refractivity contribution in [3.8, 4) is 0 Å². The average molecular weight is 179 g/mol. The second-order valence-corrected chi connectivity index (χ2v) is 3.44. The Morgan fingerprint density at radius 2 is 2.33 bits per heavy atom. The average Bonchev–Trinajstić information content (AvgIpc) is 2.74. The minimum Gasteiger partial charge on any atom is -0.449 e. The van der Waals surface area contributed by atoms with Crippen LogP contribution in [-0.4, -0.2) is 0 Å². The molecule has 0 atom stereocenters. The molecule has 2 heterocycles. The maximum absolute atomic E-state index is 5.13. The van der Waals surface area contributed by atoms with Gasteiger partial charge in [0.25, 0.3) is 0 Å². The fraction of sp³-hybridized carbons (Fsp3) is 0.111. The lowest BCUT2D eigenvalue weighted by atomic mass is 10.4. The summed E-state index contributed by atoms with van der Waals surface area (Å²) in [5.41, 5.74) is 0. The molecule has 0 fully saturated rings. The largest absolute Gasteiger partial charge is 0.449 e. The van der Waals surface area contributed by atoms with Crippen molar-refractivity contribution in [2.24, 2.45) is 0 Å². The maximum atomic E-state index is 5.13. The van der Waals surface area contributed by atoms with Gasteiger partial charge >= 0.3 is 0 Å². The second-order valence-electron chi connectivity index (χ2n) is 2.41. The third kappa shape index (κ3) is 1.68. The van der Waals surface area contributed by atoms with Crippen LogP contribution in [0.2, 0.25) is 0 Å². The molecule has 0 aliphatic rings. The lowest BCUT2D eigenvalue weighted by molar-refractivity contribution is 0.579. The molecule has 0 unspecified atom stereocenters. The monoisotopic (exact) mass is 179 g/mol. The summed E-state index contributed by atoms with van der Waals surface area (Å²) in [5.74, 6) is 0.823. The summed E-state index contributed by atoms with van der Waals surface area (Å²) in [7, 11) is 0. The first-order valence-electron chi connectivity index (χ1n) is 3.75. The molecule has 0 aliphatic heterocycles. The minimum absolute atomic E-state index is 0.823. The molecule has 0 spiro atoms. The van der Waals surface area contributed by atoms with E-state index in [-0.39, 0.29) is 0 Å². The van der Waals surface area contributed by atoms with Gasteiger partial charge in [-0.2, -0.15) is 0 Å². The lowest BCUT2D eigenvalue weighted by Gasteiger charge is -1.98. The van der Waals surface area contributed by atoms with Crippen LogP contribution < -0.4 is 5.32 Å². The molecule has 0 bridgehead atoms. The van der Waals surface area contributed by atoms with E-state index in [0.717, 1.165) is 12.4 Å². The lowest BCUT2D eigenvalue weighted by Crippen LogP contribution is -1.94. The summed E-state index contributed by atoms with van der Waals surface area (Å²) in [5, 5.41) is 5.24. The van der Waals surface area contributed by atoms with Gasteiger partial charge in [-0.3, -0.25) is 0 Å². The molecule has 0 saturated carbocycles. The second kappa shape index (κ2) is 3.45. The van der Waals surface area contributed by atoms with Crippen molar-refractivity contribution in [2.45, 2.75) is 6.54 Å². The van der Waals surface area contributed by atoms with E-state index >= 15 is 0 Å². The molecule has 62 valence electrons. The van der Waals surface area contributed by atoms with Gasteiger partial charge in [-0.15, -0.1) is 11.3 Å². The predicted molar refractivity (Wildman–Crippen MR) is 50.4 cm³/mol. The van der Waals surface area contributed by atoms with E-state index < -0.39 is 0 Å². The van der Waals surface area contributed by atoms with Crippen molar-refractivity contribution < 1.29 is 4.42 Å². The zero-order valence-corrected chi connectivity index (χ0v) is 7.30. The number of hydrogen-bond acceptors (Lipinski definition) is 3. The molecule has 2 aromatic heterocycles. The van der Waals surface area contributed by atoms with E-state index in [9.17, 15) is 0 Å². The number of hydrogen-bond donors (Lipinski definition) is 1. The highest BCUT2D eigenvalue weighted by Gasteiger charge is 1.94. The number of rotatable bonds is 3. The highest BCUT2D eigenvalue weighted by molar-refractivity contribution is 7.09. The highest BCUT2D eigenvalue weighted by Crippen LogP contribution is 2.12. The third-order valence-electron chi connectivity index (χ3n) is 1.54. The van der Waals surface area contributed by atoms with Crippen LogP contribution in [0, 0.1) is 0 Å². The number of anilines is 1. The van der Waals surface area contributed by atoms with Gasteiger partial charge in [-0.1, -0.05) is 6.07 Å². The molecule has 1 N–H and O–H groups in total. The Morgan fingerprint density at radius 3 is 3.00 bits per heavy atom. The van der Waals surface area contributed by atoms with Gasteiger partial charge < -0.3 is 9.73 Å². The van der Waals surface area contributed by atoms with Crippen molar-refractivity contribution in [3.05, 3.63) is 40.8 Å². The van der Waals surface area contributed by atoms with Gasteiger partial charge in [0.1, 0.15) is 0 Å². The molecular weight excluding hydrogens is 170 g/mol. The van der Waals surface area contributed by atoms with Crippen LogP contribution >= 0.6 is 11.3 Å². The summed E-state index contributed by atoms with van der Waals surface area (Å²) >= 11 is 1.74. The van der Waals surface area contributed by atoms with Crippen LogP contribution in [-0.2, 0) is 6.54 Å². The summed E-state index contributed by atoms with van der Waals surface area (Å²) in [6.07, 6.45) is 1.66. The van der Waals surface area contributed by atoms with E-state index in [2.05, 4.69) is 16.8 Å². The van der Waals surface area contributed by atoms with Gasteiger partial charge in [-0.05, 0) is 17.5 Å². The van der Waals surface area contributed by atoms with Gasteiger partial charge in [0.05, 0.1) is 12.8 Å². The molecule has 12 heavy (non-hydrogen) atoms. The first-order chi connectivity index (χ1) is 5.95. The summed E-state index contributed by atoms with van der Waals surface area (Å²) in [6.45, 7) is 0.838. The quantitative estimate of drug-likeness (QED) is 0.783. The summed E-state index contributed by atoms with van der Waals surface area (Å²) < 4.78 is 5.13. The molecule has 3 heteroatoms. The van der Waals surface area contributed by atoms with Gasteiger partial charge in [-0.25, -0.2) is 0 Å². The predicted octanol–water partition coefficient (Wildman–Crippen LogP) is 2.95. The molecule has 0 aromatic carbocycles. The van der Waals surface area contributed by atoms with Crippen molar-refractivity contribution >= 4 is 17.2 Å². The van der Waals surface area contributed by atoms with E-state index in [0.29, 0.717) is 0 Å². The number of thiophene rings is 1. The zero-order valence-electron chi connectivity index (χ0n) is 6.49. The first-order valence-corrected chi connectivity index (χ1v) is 4.63. The summed E-state index contributed by atoms with van der Waals surface area (Å²) in [4.78, 5) is 1.31. The standard InChI is InChI=1S/C9H9NOS/c1-4-9(11-5-1)10-7-8-3-2-6-12-8/h1-6,10H,7H2. The number of furan rings is 1. The Morgan fingerprint density at radius 1 is 1.33 bits per heavy atom. The van der Waals surface area contributed by atoms with E-state index in [1.807, 2.05) is 18.2 Å². The Labute approximate surface area is 74.8 Å². The SMILES string of the molecule is c1coc(NCc2cccs2)c1. The van der Waals surface area contributed by atoms with Crippen LogP contribution in [0.25, 0.3) is 0 Å². The van der Waals surface area contributed by atoms with Crippen molar-refractivity contribution in [1.29, 1.82) is 0 Å². The van der Waals surface area contributed by atoms with E-state index in [1.54, 1.807) is 17.6 Å². The van der Waals surface area contributed by atoms with Crippen LogP contribution in [0.1, 0.15) is 4.88 Å². The van der Waals surface area contributed by atoms with Gasteiger partial charge in [0, 0.05) is 10.9 Å². The smallest absolute Gasteiger partial charge is 0.192 e. The molecular formula is C9H9NOS. The van der Waals surface area contributed by atoms with Crippen LogP contribution in [0.15, 0.2) is 40.3 Å². The Hall–Kier alpha value is -1.22. The Kier molecular flexibility index (Phi) is 2.14. The van der Waals surface area contributed by atoms with E-state index in [1.165, 1.54) is 4.88 Å². The highest BCUT2D eigenvalue weighted by atomic mass is 32.1. The molecule has 2 rings (SSSR count). The molecule has 0 radical (unpaired) electrons. The van der Waals surface area contributed by atoms with Crippen LogP contribution in [0.3, 0.4) is 0 Å². The normalized spacial score (nSPS) is 10.0. The Bertz CT molecular complexity index is 278. The van der Waals surface area contributed by atoms with Crippen LogP contribution in [0.4, 0.5) is 5.88 Å². The third-order valence-corrected chi connectivity index (χ3v) is 2.41. The minimum atomic E-state index is 0.823. The van der Waals surface area contributed by atoms with Crippen molar-refractivity contribution in [3.63, 3.8) is 0 Å². The first kappa shape index (κ1) is 7.43. The van der Waals surface area contributed by atoms with E-state index in [4.69, 9.17) is 4.42 Å². The van der Waals surface area contributed by atoms with Gasteiger partial charge in [0.2, 0.25) is 0 Å². The van der Waals surface area contributed by atoms with Gasteiger partial charge in [0.15, 0.2) is 5.88 Å². The fourth-order valence-corrected chi connectivity index (χ4v) is 1.61. The fourth-order valence-electron chi connectivity index (χ4n) is 0.967. The summed E-state index contributed by atoms with van der Waals surface area (Å²) in [6, 6.07) is 7.93. The van der Waals surface area contributed by atoms with Crippen LogP contribution in [0.5, 0.6) is 0 Å². The molecule has 2 aromatic rings. The molecule has 2 nitrogen and oxygen atoms in total. The zero-order chi connectivity index (χ0) is 8.23. The maximum Gasteiger partial charge on any atom is 0.192 e. The molecule has 0 saturated heterocycles. The van der Waals surface area contributed by atoms with Crippen molar-refractivity contribution in [2.75, 3.05) is 5.32 Å². The molecule has 0 aliphatic carbocycles. The topological polar surface area (TPSA) is 25.2 Å². The number of nitrogens with one attached hydrogen (secondary N) is 1. The molecule has 0 amide bonds. The van der Waals surface area contributed by atoms with Crippen molar-refractivity contribution in [1.82, 2.24) is 0 Å².